The molecule has 98 valence electrons. The van der Waals surface area contributed by atoms with Gasteiger partial charge in [0.1, 0.15) is 6.54 Å². The number of rotatable bonds is 6. The van der Waals surface area contributed by atoms with E-state index in [-0.39, 0.29) is 30.5 Å². The van der Waals surface area contributed by atoms with Crippen molar-refractivity contribution in [2.75, 3.05) is 19.7 Å². The Labute approximate surface area is 110 Å². The Morgan fingerprint density at radius 2 is 2.33 bits per heavy atom. The lowest BCUT2D eigenvalue weighted by molar-refractivity contribution is -0.143. The van der Waals surface area contributed by atoms with Gasteiger partial charge in [-0.05, 0) is 24.6 Å². The molecule has 0 unspecified atom stereocenters. The fraction of sp³-hybridized carbons (Fsp3) is 0.333. The molecule has 0 aromatic carbocycles. The lowest BCUT2D eigenvalue weighted by atomic mass is 10.3. The van der Waals surface area contributed by atoms with Crippen molar-refractivity contribution in [1.82, 2.24) is 4.90 Å². The van der Waals surface area contributed by atoms with Crippen LogP contribution in [0.25, 0.3) is 0 Å². The van der Waals surface area contributed by atoms with Crippen molar-refractivity contribution in [1.29, 1.82) is 0 Å². The number of amides is 1. The number of halogens is 1. The van der Waals surface area contributed by atoms with Crippen molar-refractivity contribution >= 4 is 23.5 Å². The Balaban J connectivity index is 2.78. The van der Waals surface area contributed by atoms with Crippen LogP contribution in [0.2, 0.25) is 5.22 Å². The first-order chi connectivity index (χ1) is 8.60. The molecule has 1 heterocycles. The van der Waals surface area contributed by atoms with E-state index in [1.54, 1.807) is 6.92 Å². The number of hydrogen-bond donors (Lipinski definition) is 0. The second kappa shape index (κ2) is 6.86. The summed E-state index contributed by atoms with van der Waals surface area (Å²) in [4.78, 5) is 24.7. The van der Waals surface area contributed by atoms with Gasteiger partial charge in [0.05, 0.1) is 18.4 Å². The predicted molar refractivity (Wildman–Crippen MR) is 66.5 cm³/mol. The first-order valence-corrected chi connectivity index (χ1v) is 5.76. The van der Waals surface area contributed by atoms with Gasteiger partial charge in [0, 0.05) is 6.54 Å². The van der Waals surface area contributed by atoms with Crippen LogP contribution in [0.1, 0.15) is 17.3 Å². The van der Waals surface area contributed by atoms with Crippen LogP contribution in [0.4, 0.5) is 0 Å². The third-order valence-corrected chi connectivity index (χ3v) is 2.40. The quantitative estimate of drug-likeness (QED) is 0.587. The Morgan fingerprint density at radius 3 is 2.83 bits per heavy atom. The first-order valence-electron chi connectivity index (χ1n) is 5.39. The molecule has 0 aliphatic heterocycles. The normalized spacial score (nSPS) is 9.89. The van der Waals surface area contributed by atoms with Crippen LogP contribution in [0, 0.1) is 0 Å². The minimum atomic E-state index is -0.479. The molecule has 0 aliphatic rings. The molecule has 18 heavy (non-hydrogen) atoms. The molecule has 0 saturated heterocycles. The third kappa shape index (κ3) is 3.63. The second-order valence-corrected chi connectivity index (χ2v) is 3.73. The van der Waals surface area contributed by atoms with E-state index < -0.39 is 11.9 Å². The molecule has 0 atom stereocenters. The minimum absolute atomic E-state index is 0.00192. The molecule has 5 nitrogen and oxygen atoms in total. The molecular weight excluding hydrogens is 258 g/mol. The van der Waals surface area contributed by atoms with Gasteiger partial charge in [-0.2, -0.15) is 0 Å². The van der Waals surface area contributed by atoms with E-state index in [9.17, 15) is 9.59 Å². The fourth-order valence-electron chi connectivity index (χ4n) is 1.35. The molecule has 0 saturated carbocycles. The van der Waals surface area contributed by atoms with Gasteiger partial charge >= 0.3 is 5.97 Å². The average Bonchev–Trinajstić information content (AvgIpc) is 2.74. The van der Waals surface area contributed by atoms with Crippen molar-refractivity contribution in [2.45, 2.75) is 6.92 Å². The lowest BCUT2D eigenvalue weighted by Gasteiger charge is -2.19. The van der Waals surface area contributed by atoms with Gasteiger partial charge in [0.25, 0.3) is 5.91 Å². The van der Waals surface area contributed by atoms with Gasteiger partial charge in [-0.3, -0.25) is 9.59 Å². The van der Waals surface area contributed by atoms with Gasteiger partial charge in [-0.25, -0.2) is 0 Å². The molecule has 1 aromatic heterocycles. The van der Waals surface area contributed by atoms with Crippen LogP contribution in [-0.2, 0) is 9.53 Å². The molecule has 0 radical (unpaired) electrons. The van der Waals surface area contributed by atoms with Crippen molar-refractivity contribution < 1.29 is 18.7 Å². The van der Waals surface area contributed by atoms with E-state index >= 15 is 0 Å². The largest absolute Gasteiger partial charge is 0.465 e. The maximum atomic E-state index is 12.1. The number of carbonyl (C=O) groups excluding carboxylic acids is 2. The van der Waals surface area contributed by atoms with Gasteiger partial charge in [-0.15, -0.1) is 6.58 Å². The van der Waals surface area contributed by atoms with E-state index in [2.05, 4.69) is 6.58 Å². The Hall–Kier alpha value is -1.75. The van der Waals surface area contributed by atoms with E-state index in [0.29, 0.717) is 0 Å². The molecule has 0 bridgehead atoms. The summed E-state index contributed by atoms with van der Waals surface area (Å²) in [5.41, 5.74) is 0.211. The molecular formula is C12H14ClNO4. The van der Waals surface area contributed by atoms with Gasteiger partial charge < -0.3 is 14.1 Å². The van der Waals surface area contributed by atoms with Gasteiger partial charge in [-0.1, -0.05) is 6.08 Å². The van der Waals surface area contributed by atoms with Crippen LogP contribution < -0.4 is 0 Å². The summed E-state index contributed by atoms with van der Waals surface area (Å²) in [7, 11) is 0. The molecule has 1 amide bonds. The summed E-state index contributed by atoms with van der Waals surface area (Å²) in [5, 5.41) is -0.00192. The molecule has 0 spiro atoms. The van der Waals surface area contributed by atoms with Crippen molar-refractivity contribution in [2.24, 2.45) is 0 Å². The highest BCUT2D eigenvalue weighted by Crippen LogP contribution is 2.18. The van der Waals surface area contributed by atoms with E-state index in [1.807, 2.05) is 0 Å². The van der Waals surface area contributed by atoms with Crippen LogP contribution in [0.5, 0.6) is 0 Å². The zero-order valence-corrected chi connectivity index (χ0v) is 10.8. The summed E-state index contributed by atoms with van der Waals surface area (Å²) in [6.07, 6.45) is 2.83. The second-order valence-electron chi connectivity index (χ2n) is 3.39. The maximum Gasteiger partial charge on any atom is 0.325 e. The summed E-state index contributed by atoms with van der Waals surface area (Å²) < 4.78 is 9.64. The maximum absolute atomic E-state index is 12.1. The van der Waals surface area contributed by atoms with Crippen LogP contribution >= 0.6 is 11.6 Å². The third-order valence-electron chi connectivity index (χ3n) is 2.11. The average molecular weight is 272 g/mol. The van der Waals surface area contributed by atoms with Crippen molar-refractivity contribution in [3.8, 4) is 0 Å². The number of furan rings is 1. The number of nitrogens with zero attached hydrogens (tertiary/aromatic N) is 1. The fourth-order valence-corrected chi connectivity index (χ4v) is 1.55. The number of ether oxygens (including phenoxy) is 1. The highest BCUT2D eigenvalue weighted by atomic mass is 35.5. The molecule has 6 heteroatoms. The van der Waals surface area contributed by atoms with Crippen molar-refractivity contribution in [3.63, 3.8) is 0 Å². The Bertz CT molecular complexity index is 441. The molecule has 1 aromatic rings. The summed E-state index contributed by atoms with van der Waals surface area (Å²) in [5.74, 6) is -0.881. The smallest absolute Gasteiger partial charge is 0.325 e. The highest BCUT2D eigenvalue weighted by molar-refractivity contribution is 6.32. The summed E-state index contributed by atoms with van der Waals surface area (Å²) >= 11 is 5.72. The predicted octanol–water partition coefficient (Wildman–Crippen LogP) is 2.12. The zero-order valence-electron chi connectivity index (χ0n) is 10.0. The van der Waals surface area contributed by atoms with Crippen molar-refractivity contribution in [3.05, 3.63) is 35.8 Å². The van der Waals surface area contributed by atoms with Crippen LogP contribution in [0.3, 0.4) is 0 Å². The summed E-state index contributed by atoms with van der Waals surface area (Å²) in [6.45, 7) is 5.57. The van der Waals surface area contributed by atoms with E-state index in [4.69, 9.17) is 20.8 Å². The van der Waals surface area contributed by atoms with Gasteiger partial charge in [0.2, 0.25) is 5.22 Å². The zero-order chi connectivity index (χ0) is 13.5. The molecule has 0 fully saturated rings. The Kier molecular flexibility index (Phi) is 5.45. The number of esters is 1. The van der Waals surface area contributed by atoms with Crippen LogP contribution in [0.15, 0.2) is 29.4 Å². The molecule has 0 N–H and O–H groups in total. The van der Waals surface area contributed by atoms with Crippen LogP contribution in [-0.4, -0.2) is 36.5 Å². The standard InChI is InChI=1S/C12H14ClNO4/c1-3-6-14(8-10(15)17-4-2)12(16)9-5-7-18-11(9)13/h3,5,7H,1,4,6,8H2,2H3. The number of hydrogen-bond acceptors (Lipinski definition) is 4. The first kappa shape index (κ1) is 14.3. The lowest BCUT2D eigenvalue weighted by Crippen LogP contribution is -2.36. The SMILES string of the molecule is C=CCN(CC(=O)OCC)C(=O)c1ccoc1Cl. The summed E-state index contributed by atoms with van der Waals surface area (Å²) in [6, 6.07) is 1.45. The molecule has 1 rings (SSSR count). The van der Waals surface area contributed by atoms with E-state index in [0.717, 1.165) is 0 Å². The molecule has 0 aliphatic carbocycles. The Morgan fingerprint density at radius 1 is 1.61 bits per heavy atom. The van der Waals surface area contributed by atoms with E-state index in [1.165, 1.54) is 23.3 Å². The minimum Gasteiger partial charge on any atom is -0.465 e. The van der Waals surface area contributed by atoms with Gasteiger partial charge in [0.15, 0.2) is 0 Å². The topological polar surface area (TPSA) is 59.8 Å². The monoisotopic (exact) mass is 271 g/mol. The number of carbonyl (C=O) groups is 2. The highest BCUT2D eigenvalue weighted by Gasteiger charge is 2.22.